The van der Waals surface area contributed by atoms with Crippen LogP contribution in [0.1, 0.15) is 19.9 Å². The molecule has 0 aliphatic heterocycles. The number of nitrogens with zero attached hydrogens (tertiary/aromatic N) is 1. The molecular formula is C12H13ClN. The average molecular weight is 207 g/mol. The van der Waals surface area contributed by atoms with Gasteiger partial charge < -0.3 is 4.57 Å². The maximum Gasteiger partial charge on any atom is 0.0483 e. The second kappa shape index (κ2) is 3.66. The Hall–Kier alpha value is -0.950. The van der Waals surface area contributed by atoms with Gasteiger partial charge in [0.2, 0.25) is 0 Å². The highest BCUT2D eigenvalue weighted by atomic mass is 35.5. The summed E-state index contributed by atoms with van der Waals surface area (Å²) in [5.41, 5.74) is 1.24. The fraction of sp³-hybridized carbons (Fsp3) is 0.250. The largest absolute Gasteiger partial charge is 0.344 e. The standard InChI is InChI=1S/C12H13ClN/c1-3-9(2)14-7-6-10-8-11(13)4-5-12(10)14/h3-9H,1-2H3. The van der Waals surface area contributed by atoms with Crippen molar-refractivity contribution < 1.29 is 0 Å². The van der Waals surface area contributed by atoms with Crippen LogP contribution in [-0.4, -0.2) is 4.57 Å². The Morgan fingerprint density at radius 1 is 1.36 bits per heavy atom. The third kappa shape index (κ3) is 1.53. The zero-order valence-corrected chi connectivity index (χ0v) is 9.12. The molecule has 0 aliphatic rings. The fourth-order valence-corrected chi connectivity index (χ4v) is 1.83. The molecule has 1 radical (unpaired) electrons. The Labute approximate surface area is 89.3 Å². The highest BCUT2D eigenvalue weighted by Gasteiger charge is 2.06. The highest BCUT2D eigenvalue weighted by molar-refractivity contribution is 6.31. The summed E-state index contributed by atoms with van der Waals surface area (Å²) in [6.45, 7) is 4.25. The summed E-state index contributed by atoms with van der Waals surface area (Å²) in [6.07, 6.45) is 4.28. The number of rotatable bonds is 2. The lowest BCUT2D eigenvalue weighted by molar-refractivity contribution is 0.643. The molecule has 2 aromatic rings. The van der Waals surface area contributed by atoms with Gasteiger partial charge in [-0.05, 0) is 37.6 Å². The van der Waals surface area contributed by atoms with Crippen molar-refractivity contribution in [3.8, 4) is 0 Å². The van der Waals surface area contributed by atoms with Crippen molar-refractivity contribution in [1.82, 2.24) is 4.57 Å². The Kier molecular flexibility index (Phi) is 2.51. The van der Waals surface area contributed by atoms with Crippen LogP contribution < -0.4 is 0 Å². The summed E-state index contributed by atoms with van der Waals surface area (Å²) >= 11 is 5.92. The van der Waals surface area contributed by atoms with Crippen LogP contribution in [0, 0.1) is 6.42 Å². The molecule has 0 saturated heterocycles. The molecule has 0 aliphatic carbocycles. The van der Waals surface area contributed by atoms with Crippen molar-refractivity contribution in [3.05, 3.63) is 41.9 Å². The van der Waals surface area contributed by atoms with E-state index in [1.54, 1.807) is 0 Å². The van der Waals surface area contributed by atoms with Gasteiger partial charge in [0.05, 0.1) is 0 Å². The fourth-order valence-electron chi connectivity index (χ4n) is 1.65. The summed E-state index contributed by atoms with van der Waals surface area (Å²) in [6, 6.07) is 8.52. The third-order valence-electron chi connectivity index (χ3n) is 2.60. The van der Waals surface area contributed by atoms with Gasteiger partial charge in [-0.25, -0.2) is 0 Å². The SMILES string of the molecule is C[CH]C(C)n1ccc2cc(Cl)ccc21. The van der Waals surface area contributed by atoms with Gasteiger partial charge in [-0.3, -0.25) is 0 Å². The van der Waals surface area contributed by atoms with Gasteiger partial charge in [-0.2, -0.15) is 0 Å². The summed E-state index contributed by atoms with van der Waals surface area (Å²) in [5.74, 6) is 0. The Morgan fingerprint density at radius 3 is 2.86 bits per heavy atom. The van der Waals surface area contributed by atoms with Crippen LogP contribution in [0.15, 0.2) is 30.5 Å². The van der Waals surface area contributed by atoms with Crippen LogP contribution in [-0.2, 0) is 0 Å². The molecule has 1 unspecified atom stereocenters. The van der Waals surface area contributed by atoms with E-state index in [2.05, 4.69) is 43.2 Å². The number of hydrogen-bond acceptors (Lipinski definition) is 0. The van der Waals surface area contributed by atoms with Crippen molar-refractivity contribution >= 4 is 22.5 Å². The third-order valence-corrected chi connectivity index (χ3v) is 2.84. The molecule has 2 rings (SSSR count). The predicted molar refractivity (Wildman–Crippen MR) is 61.6 cm³/mol. The van der Waals surface area contributed by atoms with Crippen LogP contribution in [0.2, 0.25) is 5.02 Å². The molecule has 1 aromatic carbocycles. The maximum absolute atomic E-state index is 5.92. The first-order valence-corrected chi connectivity index (χ1v) is 5.16. The molecule has 0 N–H and O–H groups in total. The van der Waals surface area contributed by atoms with E-state index in [0.717, 1.165) is 5.02 Å². The van der Waals surface area contributed by atoms with Gasteiger partial charge in [-0.15, -0.1) is 0 Å². The summed E-state index contributed by atoms with van der Waals surface area (Å²) in [5, 5.41) is 1.99. The summed E-state index contributed by atoms with van der Waals surface area (Å²) < 4.78 is 2.24. The first-order valence-electron chi connectivity index (χ1n) is 4.78. The molecule has 1 heterocycles. The molecule has 0 fully saturated rings. The minimum atomic E-state index is 0.425. The highest BCUT2D eigenvalue weighted by Crippen LogP contribution is 2.24. The van der Waals surface area contributed by atoms with E-state index in [1.807, 2.05) is 12.1 Å². The van der Waals surface area contributed by atoms with Crippen LogP contribution >= 0.6 is 11.6 Å². The molecule has 73 valence electrons. The van der Waals surface area contributed by atoms with Crippen molar-refractivity contribution in [2.45, 2.75) is 19.9 Å². The molecule has 0 amide bonds. The van der Waals surface area contributed by atoms with E-state index >= 15 is 0 Å². The lowest BCUT2D eigenvalue weighted by Crippen LogP contribution is -2.01. The van der Waals surface area contributed by atoms with E-state index in [-0.39, 0.29) is 0 Å². The zero-order chi connectivity index (χ0) is 10.1. The zero-order valence-electron chi connectivity index (χ0n) is 8.37. The minimum absolute atomic E-state index is 0.425. The van der Waals surface area contributed by atoms with Crippen LogP contribution in [0.4, 0.5) is 0 Å². The molecule has 0 saturated carbocycles. The van der Waals surface area contributed by atoms with Crippen LogP contribution in [0.3, 0.4) is 0 Å². The molecule has 1 atom stereocenters. The van der Waals surface area contributed by atoms with Crippen molar-refractivity contribution in [2.24, 2.45) is 0 Å². The topological polar surface area (TPSA) is 4.93 Å². The normalized spacial score (nSPS) is 13.4. The van der Waals surface area contributed by atoms with E-state index in [4.69, 9.17) is 11.6 Å². The molecule has 0 spiro atoms. The van der Waals surface area contributed by atoms with Gasteiger partial charge in [0.25, 0.3) is 0 Å². The van der Waals surface area contributed by atoms with Crippen molar-refractivity contribution in [1.29, 1.82) is 0 Å². The number of benzene rings is 1. The average Bonchev–Trinajstić information content (AvgIpc) is 2.59. The molecule has 1 aromatic heterocycles. The first kappa shape index (κ1) is 9.60. The summed E-state index contributed by atoms with van der Waals surface area (Å²) in [4.78, 5) is 0. The van der Waals surface area contributed by atoms with Crippen molar-refractivity contribution in [2.75, 3.05) is 0 Å². The van der Waals surface area contributed by atoms with E-state index < -0.39 is 0 Å². The van der Waals surface area contributed by atoms with E-state index in [1.165, 1.54) is 10.9 Å². The number of fused-ring (bicyclic) bond motifs is 1. The van der Waals surface area contributed by atoms with Gasteiger partial charge >= 0.3 is 0 Å². The molecule has 0 bridgehead atoms. The molecular weight excluding hydrogens is 194 g/mol. The molecule has 14 heavy (non-hydrogen) atoms. The van der Waals surface area contributed by atoms with Crippen LogP contribution in [0.5, 0.6) is 0 Å². The van der Waals surface area contributed by atoms with E-state index in [9.17, 15) is 0 Å². The first-order chi connectivity index (χ1) is 6.72. The van der Waals surface area contributed by atoms with Gasteiger partial charge in [0.1, 0.15) is 0 Å². The minimum Gasteiger partial charge on any atom is -0.344 e. The van der Waals surface area contributed by atoms with Gasteiger partial charge in [0.15, 0.2) is 0 Å². The second-order valence-electron chi connectivity index (χ2n) is 3.50. The van der Waals surface area contributed by atoms with Crippen LogP contribution in [0.25, 0.3) is 10.9 Å². The summed E-state index contributed by atoms with van der Waals surface area (Å²) in [7, 11) is 0. The molecule has 2 heteroatoms. The Balaban J connectivity index is 2.58. The number of aromatic nitrogens is 1. The lowest BCUT2D eigenvalue weighted by atomic mass is 10.2. The smallest absolute Gasteiger partial charge is 0.0483 e. The van der Waals surface area contributed by atoms with Gasteiger partial charge in [0, 0.05) is 28.2 Å². The predicted octanol–water partition coefficient (Wildman–Crippen LogP) is 4.08. The van der Waals surface area contributed by atoms with Crippen molar-refractivity contribution in [3.63, 3.8) is 0 Å². The molecule has 1 nitrogen and oxygen atoms in total. The Bertz CT molecular complexity index is 445. The Morgan fingerprint density at radius 2 is 2.14 bits per heavy atom. The van der Waals surface area contributed by atoms with E-state index in [0.29, 0.717) is 6.04 Å². The maximum atomic E-state index is 5.92. The number of halogens is 1. The lowest BCUT2D eigenvalue weighted by Gasteiger charge is -2.12. The number of hydrogen-bond donors (Lipinski definition) is 0. The van der Waals surface area contributed by atoms with Gasteiger partial charge in [-0.1, -0.05) is 18.5 Å². The quantitative estimate of drug-likeness (QED) is 0.698. The second-order valence-corrected chi connectivity index (χ2v) is 3.94. The monoisotopic (exact) mass is 206 g/mol.